The molecule has 168 valence electrons. The van der Waals surface area contributed by atoms with Crippen molar-refractivity contribution >= 4 is 10.8 Å². The van der Waals surface area contributed by atoms with Gasteiger partial charge in [-0.1, -0.05) is 42.5 Å². The zero-order chi connectivity index (χ0) is 22.9. The summed E-state index contributed by atoms with van der Waals surface area (Å²) >= 11 is 0. The Morgan fingerprint density at radius 2 is 1.53 bits per heavy atom. The highest BCUT2D eigenvalue weighted by Gasteiger charge is 2.38. The number of fused-ring (bicyclic) bond motifs is 1. The minimum Gasteiger partial charge on any atom is -0.206 e. The maximum Gasteiger partial charge on any atom is 0.422 e. The van der Waals surface area contributed by atoms with Crippen LogP contribution in [0.3, 0.4) is 0 Å². The molecule has 0 aromatic heterocycles. The van der Waals surface area contributed by atoms with E-state index in [-0.39, 0.29) is 10.8 Å². The highest BCUT2D eigenvalue weighted by molar-refractivity contribution is 5.88. The van der Waals surface area contributed by atoms with Crippen LogP contribution in [0.4, 0.5) is 22.0 Å². The van der Waals surface area contributed by atoms with Gasteiger partial charge in [-0.05, 0) is 84.6 Å². The molecule has 0 spiro atoms. The summed E-state index contributed by atoms with van der Waals surface area (Å²) in [5.41, 5.74) is 0.997. The first kappa shape index (κ1) is 22.5. The maximum atomic E-state index is 14.4. The van der Waals surface area contributed by atoms with Gasteiger partial charge in [0.2, 0.25) is 0 Å². The van der Waals surface area contributed by atoms with Crippen LogP contribution in [0.1, 0.15) is 55.6 Å². The number of halogens is 5. The van der Waals surface area contributed by atoms with Crippen molar-refractivity contribution in [3.8, 4) is 11.1 Å². The predicted octanol–water partition coefficient (Wildman–Crippen LogP) is 9.04. The zero-order valence-electron chi connectivity index (χ0n) is 17.7. The van der Waals surface area contributed by atoms with E-state index in [9.17, 15) is 22.0 Å². The second-order valence-electron chi connectivity index (χ2n) is 8.69. The maximum absolute atomic E-state index is 14.4. The molecule has 1 aliphatic carbocycles. The summed E-state index contributed by atoms with van der Waals surface area (Å²) in [5.74, 6) is -1.86. The second kappa shape index (κ2) is 9.05. The van der Waals surface area contributed by atoms with Gasteiger partial charge in [-0.3, -0.25) is 0 Å². The third kappa shape index (κ3) is 4.57. The molecule has 1 aliphatic rings. The van der Waals surface area contributed by atoms with Crippen LogP contribution in [0.5, 0.6) is 0 Å². The lowest BCUT2D eigenvalue weighted by Crippen LogP contribution is -2.13. The van der Waals surface area contributed by atoms with Gasteiger partial charge in [0.1, 0.15) is 17.2 Å². The zero-order valence-corrected chi connectivity index (χ0v) is 17.7. The largest absolute Gasteiger partial charge is 0.422 e. The molecule has 3 aromatic rings. The summed E-state index contributed by atoms with van der Waals surface area (Å²) in [6, 6.07) is 13.3. The fourth-order valence-corrected chi connectivity index (χ4v) is 4.86. The molecular weight excluding hydrogens is 419 g/mol. The third-order valence-corrected chi connectivity index (χ3v) is 6.65. The first-order valence-electron chi connectivity index (χ1n) is 11.0. The van der Waals surface area contributed by atoms with E-state index in [0.29, 0.717) is 11.5 Å². The molecule has 0 atom stereocenters. The molecule has 0 N–H and O–H groups in total. The number of rotatable bonds is 5. The Bertz CT molecular complexity index is 1100. The van der Waals surface area contributed by atoms with Crippen LogP contribution in [0.2, 0.25) is 0 Å². The van der Waals surface area contributed by atoms with Crippen LogP contribution < -0.4 is 0 Å². The normalized spacial score (nSPS) is 19.3. The van der Waals surface area contributed by atoms with E-state index in [0.717, 1.165) is 36.8 Å². The molecule has 0 amide bonds. The van der Waals surface area contributed by atoms with Gasteiger partial charge in [-0.15, -0.1) is 6.58 Å². The monoisotopic (exact) mass is 444 g/mol. The minimum absolute atomic E-state index is 0.104. The molecule has 1 saturated carbocycles. The molecule has 0 aliphatic heterocycles. The van der Waals surface area contributed by atoms with Gasteiger partial charge < -0.3 is 0 Å². The van der Waals surface area contributed by atoms with E-state index in [1.54, 1.807) is 6.07 Å². The fourth-order valence-electron chi connectivity index (χ4n) is 4.86. The van der Waals surface area contributed by atoms with E-state index < -0.39 is 23.4 Å². The molecule has 4 rings (SSSR count). The molecular formula is C27H25F5. The Labute approximate surface area is 184 Å². The molecule has 0 nitrogen and oxygen atoms in total. The van der Waals surface area contributed by atoms with Gasteiger partial charge in [0.25, 0.3) is 0 Å². The number of benzene rings is 3. The van der Waals surface area contributed by atoms with E-state index in [1.165, 1.54) is 37.0 Å². The Balaban J connectivity index is 1.54. The average Bonchev–Trinajstić information content (AvgIpc) is 2.77. The molecule has 0 saturated heterocycles. The van der Waals surface area contributed by atoms with E-state index in [2.05, 4.69) is 18.7 Å². The van der Waals surface area contributed by atoms with Crippen molar-refractivity contribution in [1.29, 1.82) is 0 Å². The van der Waals surface area contributed by atoms with Crippen LogP contribution in [-0.2, 0) is 6.18 Å². The Morgan fingerprint density at radius 3 is 2.16 bits per heavy atom. The summed E-state index contributed by atoms with van der Waals surface area (Å²) in [5, 5.41) is -0.139. The van der Waals surface area contributed by atoms with Gasteiger partial charge in [0, 0.05) is 5.39 Å². The summed E-state index contributed by atoms with van der Waals surface area (Å²) in [6.07, 6.45) is 3.96. The Morgan fingerprint density at radius 1 is 0.875 bits per heavy atom. The van der Waals surface area contributed by atoms with Gasteiger partial charge in [0.15, 0.2) is 0 Å². The molecule has 0 bridgehead atoms. The highest BCUT2D eigenvalue weighted by atomic mass is 19.4. The molecule has 1 fully saturated rings. The topological polar surface area (TPSA) is 0 Å². The minimum atomic E-state index is -5.08. The molecule has 0 unspecified atom stereocenters. The highest BCUT2D eigenvalue weighted by Crippen LogP contribution is 2.39. The molecule has 32 heavy (non-hydrogen) atoms. The smallest absolute Gasteiger partial charge is 0.206 e. The lowest BCUT2D eigenvalue weighted by molar-refractivity contribution is -0.142. The van der Waals surface area contributed by atoms with Crippen molar-refractivity contribution in [1.82, 2.24) is 0 Å². The van der Waals surface area contributed by atoms with Crippen molar-refractivity contribution in [3.63, 3.8) is 0 Å². The van der Waals surface area contributed by atoms with Gasteiger partial charge in [-0.25, -0.2) is 8.78 Å². The van der Waals surface area contributed by atoms with Gasteiger partial charge >= 0.3 is 6.18 Å². The average molecular weight is 444 g/mol. The van der Waals surface area contributed by atoms with Crippen molar-refractivity contribution in [3.05, 3.63) is 83.9 Å². The molecule has 0 radical (unpaired) electrons. The van der Waals surface area contributed by atoms with Crippen LogP contribution in [0.25, 0.3) is 21.9 Å². The molecule has 3 aromatic carbocycles. The van der Waals surface area contributed by atoms with Crippen LogP contribution >= 0.6 is 0 Å². The van der Waals surface area contributed by atoms with Crippen LogP contribution in [-0.4, -0.2) is 0 Å². The van der Waals surface area contributed by atoms with Crippen LogP contribution in [0.15, 0.2) is 61.2 Å². The first-order chi connectivity index (χ1) is 15.3. The lowest BCUT2D eigenvalue weighted by atomic mass is 9.77. The number of allylic oxidation sites excluding steroid dienone is 1. The lowest BCUT2D eigenvalue weighted by Gasteiger charge is -2.28. The summed E-state index contributed by atoms with van der Waals surface area (Å²) in [6.45, 7) is 3.80. The van der Waals surface area contributed by atoms with Crippen molar-refractivity contribution in [2.75, 3.05) is 0 Å². The summed E-state index contributed by atoms with van der Waals surface area (Å²) in [7, 11) is 0. The van der Waals surface area contributed by atoms with Gasteiger partial charge in [0.05, 0.1) is 0 Å². The summed E-state index contributed by atoms with van der Waals surface area (Å²) < 4.78 is 67.2. The van der Waals surface area contributed by atoms with Crippen molar-refractivity contribution in [2.45, 2.75) is 50.6 Å². The quantitative estimate of drug-likeness (QED) is 0.272. The second-order valence-corrected chi connectivity index (χ2v) is 8.69. The number of hydrogen-bond acceptors (Lipinski definition) is 0. The Hall–Kier alpha value is -2.69. The van der Waals surface area contributed by atoms with Crippen LogP contribution in [0, 0.1) is 17.6 Å². The number of hydrogen-bond donors (Lipinski definition) is 0. The third-order valence-electron chi connectivity index (χ3n) is 6.65. The van der Waals surface area contributed by atoms with E-state index >= 15 is 0 Å². The molecule has 5 heteroatoms. The van der Waals surface area contributed by atoms with E-state index in [1.807, 2.05) is 18.2 Å². The molecule has 0 heterocycles. The Kier molecular flexibility index (Phi) is 6.36. The fraction of sp³-hybridized carbons (Fsp3) is 0.333. The summed E-state index contributed by atoms with van der Waals surface area (Å²) in [4.78, 5) is 0. The van der Waals surface area contributed by atoms with E-state index in [4.69, 9.17) is 0 Å². The van der Waals surface area contributed by atoms with Crippen molar-refractivity contribution < 1.29 is 22.0 Å². The first-order valence-corrected chi connectivity index (χ1v) is 11.0. The van der Waals surface area contributed by atoms with Gasteiger partial charge in [-0.2, -0.15) is 13.2 Å². The number of alkyl halides is 3. The van der Waals surface area contributed by atoms with Crippen molar-refractivity contribution in [2.24, 2.45) is 5.92 Å². The SMILES string of the molecule is C=CCCC1CCC(c2ccc(-c3ccc4c(F)c(C(F)(F)F)c(F)cc4c3)cc2)CC1. The standard InChI is InChI=1S/C27H25F5/c1-2-3-4-17-5-7-18(8-6-17)19-9-11-20(12-10-19)21-13-14-23-22(15-21)16-24(28)25(26(23)29)27(30,31)32/h2,9-18H,1,3-8H2. The predicted molar refractivity (Wildman–Crippen MR) is 118 cm³/mol.